The van der Waals surface area contributed by atoms with Crippen LogP contribution in [0.5, 0.6) is 0 Å². The van der Waals surface area contributed by atoms with E-state index in [4.69, 9.17) is 0 Å². The lowest BCUT2D eigenvalue weighted by atomic mass is 9.82. The van der Waals surface area contributed by atoms with Crippen LogP contribution in [0.2, 0.25) is 0 Å². The Hall–Kier alpha value is -2.46. The van der Waals surface area contributed by atoms with Gasteiger partial charge in [0, 0.05) is 19.6 Å². The number of aliphatic hydroxyl groups is 2. The van der Waals surface area contributed by atoms with Gasteiger partial charge in [-0.2, -0.15) is 17.6 Å². The first-order chi connectivity index (χ1) is 14.6. The number of hydrogen-bond acceptors (Lipinski definition) is 6. The monoisotopic (exact) mass is 442 g/mol. The predicted molar refractivity (Wildman–Crippen MR) is 108 cm³/mol. The molecule has 1 aromatic heterocycles. The van der Waals surface area contributed by atoms with E-state index >= 15 is 4.39 Å². The van der Waals surface area contributed by atoms with E-state index < -0.39 is 29.3 Å². The highest BCUT2D eigenvalue weighted by Gasteiger charge is 2.38. The minimum atomic E-state index is -4.42. The number of hydrogen-bond donors (Lipinski definition) is 3. The Labute approximate surface area is 177 Å². The summed E-state index contributed by atoms with van der Waals surface area (Å²) < 4.78 is 53.3. The number of aromatic nitrogens is 2. The fourth-order valence-electron chi connectivity index (χ4n) is 3.71. The summed E-state index contributed by atoms with van der Waals surface area (Å²) in [6, 6.07) is 4.68. The van der Waals surface area contributed by atoms with Gasteiger partial charge in [-0.1, -0.05) is 25.0 Å². The van der Waals surface area contributed by atoms with Crippen LogP contribution in [-0.2, 0) is 12.7 Å². The van der Waals surface area contributed by atoms with E-state index in [1.54, 1.807) is 11.8 Å². The van der Waals surface area contributed by atoms with Gasteiger partial charge in [0.1, 0.15) is 11.9 Å². The van der Waals surface area contributed by atoms with Crippen molar-refractivity contribution in [3.05, 3.63) is 47.5 Å². The zero-order valence-corrected chi connectivity index (χ0v) is 17.2. The Morgan fingerprint density at radius 2 is 1.90 bits per heavy atom. The minimum absolute atomic E-state index is 0.00363. The maximum atomic E-state index is 15.1. The van der Waals surface area contributed by atoms with E-state index in [9.17, 15) is 23.4 Å². The molecule has 1 fully saturated rings. The molecule has 0 radical (unpaired) electrons. The molecule has 1 heterocycles. The molecule has 0 bridgehead atoms. The summed E-state index contributed by atoms with van der Waals surface area (Å²) in [5.41, 5.74) is -1.54. The van der Waals surface area contributed by atoms with Crippen molar-refractivity contribution in [2.75, 3.05) is 23.3 Å². The number of nitrogens with zero attached hydrogens (tertiary/aromatic N) is 3. The quantitative estimate of drug-likeness (QED) is 0.567. The summed E-state index contributed by atoms with van der Waals surface area (Å²) in [4.78, 5) is 9.48. The van der Waals surface area contributed by atoms with Crippen LogP contribution in [0, 0.1) is 5.82 Å². The van der Waals surface area contributed by atoms with Gasteiger partial charge in [0.15, 0.2) is 11.6 Å². The first kappa shape index (κ1) is 23.2. The lowest BCUT2D eigenvalue weighted by molar-refractivity contribution is -0.137. The first-order valence-electron chi connectivity index (χ1n) is 10.2. The molecule has 1 aromatic carbocycles. The van der Waals surface area contributed by atoms with Crippen LogP contribution in [0.4, 0.5) is 29.2 Å². The number of alkyl halides is 3. The molecule has 3 N–H and O–H groups in total. The largest absolute Gasteiger partial charge is 0.416 e. The number of anilines is 2. The second-order valence-electron chi connectivity index (χ2n) is 7.79. The van der Waals surface area contributed by atoms with Gasteiger partial charge in [-0.3, -0.25) is 0 Å². The molecule has 0 aliphatic heterocycles. The highest BCUT2D eigenvalue weighted by molar-refractivity contribution is 5.51. The zero-order chi connectivity index (χ0) is 22.6. The Kier molecular flexibility index (Phi) is 7.00. The molecule has 1 aliphatic rings. The van der Waals surface area contributed by atoms with E-state index in [1.165, 1.54) is 18.5 Å². The van der Waals surface area contributed by atoms with E-state index in [0.717, 1.165) is 25.0 Å². The molecule has 0 saturated heterocycles. The average Bonchev–Trinajstić information content (AvgIpc) is 2.73. The van der Waals surface area contributed by atoms with Crippen LogP contribution in [0.1, 0.15) is 43.7 Å². The maximum Gasteiger partial charge on any atom is 0.416 e. The third-order valence-electron chi connectivity index (χ3n) is 5.63. The van der Waals surface area contributed by atoms with Crippen molar-refractivity contribution in [3.8, 4) is 0 Å². The number of benzene rings is 1. The highest BCUT2D eigenvalue weighted by Crippen LogP contribution is 2.31. The number of nitrogens with one attached hydrogen (secondary N) is 1. The summed E-state index contributed by atoms with van der Waals surface area (Å²) in [6.45, 7) is 2.23. The van der Waals surface area contributed by atoms with Gasteiger partial charge in [-0.05, 0) is 37.5 Å². The van der Waals surface area contributed by atoms with E-state index in [0.29, 0.717) is 24.9 Å². The van der Waals surface area contributed by atoms with Gasteiger partial charge in [0.2, 0.25) is 5.82 Å². The van der Waals surface area contributed by atoms with Crippen LogP contribution in [0.3, 0.4) is 0 Å². The second kappa shape index (κ2) is 9.35. The summed E-state index contributed by atoms with van der Waals surface area (Å²) in [5, 5.41) is 23.5. The highest BCUT2D eigenvalue weighted by atomic mass is 19.4. The summed E-state index contributed by atoms with van der Waals surface area (Å²) in [5.74, 6) is -0.844. The molecule has 2 atom stereocenters. The van der Waals surface area contributed by atoms with E-state index in [1.807, 2.05) is 0 Å². The molecule has 0 spiro atoms. The molecule has 6 nitrogen and oxygen atoms in total. The molecule has 1 saturated carbocycles. The van der Waals surface area contributed by atoms with Crippen LogP contribution in [0.25, 0.3) is 0 Å². The Morgan fingerprint density at radius 1 is 1.19 bits per heavy atom. The van der Waals surface area contributed by atoms with Crippen LogP contribution in [-0.4, -0.2) is 45.0 Å². The molecule has 170 valence electrons. The number of aliphatic hydroxyl groups excluding tert-OH is 1. The summed E-state index contributed by atoms with van der Waals surface area (Å²) in [6.07, 6.45) is -1.67. The molecule has 10 heteroatoms. The summed E-state index contributed by atoms with van der Waals surface area (Å²) in [7, 11) is 0. The lowest BCUT2D eigenvalue weighted by Crippen LogP contribution is -2.50. The molecule has 3 rings (SSSR count). The minimum Gasteiger partial charge on any atom is -0.390 e. The second-order valence-corrected chi connectivity index (χ2v) is 7.79. The number of rotatable bonds is 7. The predicted octanol–water partition coefficient (Wildman–Crippen LogP) is 3.74. The molecule has 2 aromatic rings. The Bertz CT molecular complexity index is 879. The van der Waals surface area contributed by atoms with Crippen molar-refractivity contribution in [2.24, 2.45) is 0 Å². The fourth-order valence-corrected chi connectivity index (χ4v) is 3.71. The van der Waals surface area contributed by atoms with Gasteiger partial charge >= 0.3 is 6.18 Å². The van der Waals surface area contributed by atoms with Crippen molar-refractivity contribution < 1.29 is 27.8 Å². The van der Waals surface area contributed by atoms with Gasteiger partial charge < -0.3 is 20.4 Å². The molecule has 0 amide bonds. The van der Waals surface area contributed by atoms with Gasteiger partial charge in [-0.25, -0.2) is 9.97 Å². The first-order valence-corrected chi connectivity index (χ1v) is 10.2. The standard InChI is InChI=1S/C21H26F4N4O2/c1-2-29(11-14-6-8-15(9-7-14)21(23,24)25)19-17(22)18(27-13-28-19)26-12-20(31)10-4-3-5-16(20)30/h6-9,13,16,30-31H,2-5,10-12H2,1H3,(H,26,27,28). The normalized spacial score (nSPS) is 21.7. The molecule has 31 heavy (non-hydrogen) atoms. The van der Waals surface area contributed by atoms with Crippen LogP contribution < -0.4 is 10.2 Å². The van der Waals surface area contributed by atoms with Crippen molar-refractivity contribution in [2.45, 2.75) is 57.0 Å². The summed E-state index contributed by atoms with van der Waals surface area (Å²) >= 11 is 0. The molecular formula is C21H26F4N4O2. The third kappa shape index (κ3) is 5.43. The third-order valence-corrected chi connectivity index (χ3v) is 5.63. The van der Waals surface area contributed by atoms with Crippen LogP contribution >= 0.6 is 0 Å². The molecular weight excluding hydrogens is 416 g/mol. The molecule has 2 unspecified atom stereocenters. The lowest BCUT2D eigenvalue weighted by Gasteiger charge is -2.37. The smallest absolute Gasteiger partial charge is 0.390 e. The topological polar surface area (TPSA) is 81.5 Å². The van der Waals surface area contributed by atoms with E-state index in [-0.39, 0.29) is 24.7 Å². The van der Waals surface area contributed by atoms with Crippen molar-refractivity contribution >= 4 is 11.6 Å². The van der Waals surface area contributed by atoms with Crippen LogP contribution in [0.15, 0.2) is 30.6 Å². The molecule has 1 aliphatic carbocycles. The SMILES string of the molecule is CCN(Cc1ccc(C(F)(F)F)cc1)c1ncnc(NCC2(O)CCCCC2O)c1F. The number of halogens is 4. The average molecular weight is 442 g/mol. The Balaban J connectivity index is 1.74. The Morgan fingerprint density at radius 3 is 2.52 bits per heavy atom. The maximum absolute atomic E-state index is 15.1. The van der Waals surface area contributed by atoms with Gasteiger partial charge in [0.05, 0.1) is 11.7 Å². The van der Waals surface area contributed by atoms with Gasteiger partial charge in [0.25, 0.3) is 0 Å². The van der Waals surface area contributed by atoms with Gasteiger partial charge in [-0.15, -0.1) is 0 Å². The van der Waals surface area contributed by atoms with Crippen molar-refractivity contribution in [1.29, 1.82) is 0 Å². The van der Waals surface area contributed by atoms with Crippen molar-refractivity contribution in [3.63, 3.8) is 0 Å². The fraction of sp³-hybridized carbons (Fsp3) is 0.524. The zero-order valence-electron chi connectivity index (χ0n) is 17.2. The van der Waals surface area contributed by atoms with E-state index in [2.05, 4.69) is 15.3 Å². The van der Waals surface area contributed by atoms with Crippen molar-refractivity contribution in [1.82, 2.24) is 9.97 Å².